The Labute approximate surface area is 212 Å². The highest BCUT2D eigenvalue weighted by molar-refractivity contribution is 7.18. The van der Waals surface area contributed by atoms with Crippen LogP contribution in [0.2, 0.25) is 0 Å². The van der Waals surface area contributed by atoms with Crippen molar-refractivity contribution in [2.24, 2.45) is 0 Å². The van der Waals surface area contributed by atoms with Gasteiger partial charge in [-0.15, -0.1) is 21.5 Å². The van der Waals surface area contributed by atoms with Gasteiger partial charge in [0.1, 0.15) is 10.6 Å². The lowest BCUT2D eigenvalue weighted by atomic mass is 10.0. The number of aromatic nitrogens is 3. The van der Waals surface area contributed by atoms with Crippen LogP contribution in [0.4, 0.5) is 4.79 Å². The van der Waals surface area contributed by atoms with Gasteiger partial charge >= 0.3 is 6.09 Å². The average molecular weight is 506 g/mol. The summed E-state index contributed by atoms with van der Waals surface area (Å²) in [4.78, 5) is 30.6. The summed E-state index contributed by atoms with van der Waals surface area (Å²) < 4.78 is 12.4. The van der Waals surface area contributed by atoms with Crippen LogP contribution in [0.1, 0.15) is 56.4 Å². The van der Waals surface area contributed by atoms with Gasteiger partial charge in [0.2, 0.25) is 17.7 Å². The molecule has 10 heteroatoms. The molecule has 1 N–H and O–H groups in total. The quantitative estimate of drug-likeness (QED) is 0.410. The first kappa shape index (κ1) is 23.9. The molecular weight excluding hydrogens is 478 g/mol. The predicted octanol–water partition coefficient (Wildman–Crippen LogP) is 4.91. The largest absolute Gasteiger partial charge is 0.444 e. The molecule has 0 spiro atoms. The molecule has 0 saturated carbocycles. The molecule has 1 aliphatic rings. The standard InChI is InChI=1S/C26H27N5O4S/c1-15(32)27-21(23-30-29-22(34-23)18-13-31(14-18)25(33)35-26(2,3)4)24-28-19-11-10-17(12-20(19)36-24)16-8-6-5-7-9-16/h5-12,18,21H,13-14H2,1-4H3,(H,27,32). The molecule has 1 aliphatic heterocycles. The molecule has 0 bridgehead atoms. The summed E-state index contributed by atoms with van der Waals surface area (Å²) in [6.45, 7) is 7.81. The summed E-state index contributed by atoms with van der Waals surface area (Å²) in [5, 5.41) is 12.0. The molecular formula is C26H27N5O4S. The van der Waals surface area contributed by atoms with Crippen molar-refractivity contribution in [3.63, 3.8) is 0 Å². The first-order valence-electron chi connectivity index (χ1n) is 11.7. The number of hydrogen-bond acceptors (Lipinski definition) is 8. The summed E-state index contributed by atoms with van der Waals surface area (Å²) in [6, 6.07) is 15.6. The van der Waals surface area contributed by atoms with E-state index in [0.29, 0.717) is 24.0 Å². The Hall–Kier alpha value is -3.79. The fourth-order valence-electron chi connectivity index (χ4n) is 3.95. The third kappa shape index (κ3) is 5.08. The van der Waals surface area contributed by atoms with Gasteiger partial charge in [-0.1, -0.05) is 36.4 Å². The number of fused-ring (bicyclic) bond motifs is 1. The number of carbonyl (C=O) groups is 2. The van der Waals surface area contributed by atoms with Crippen LogP contribution in [0.3, 0.4) is 0 Å². The number of nitrogens with zero attached hydrogens (tertiary/aromatic N) is 4. The fraction of sp³-hybridized carbons (Fsp3) is 0.346. The van der Waals surface area contributed by atoms with Gasteiger partial charge in [0.05, 0.1) is 16.1 Å². The van der Waals surface area contributed by atoms with Gasteiger partial charge < -0.3 is 19.4 Å². The highest BCUT2D eigenvalue weighted by Crippen LogP contribution is 2.34. The van der Waals surface area contributed by atoms with Crippen molar-refractivity contribution in [1.82, 2.24) is 25.4 Å². The monoisotopic (exact) mass is 505 g/mol. The van der Waals surface area contributed by atoms with E-state index in [1.807, 2.05) is 51.1 Å². The van der Waals surface area contributed by atoms with Crippen LogP contribution in [-0.2, 0) is 9.53 Å². The highest BCUT2D eigenvalue weighted by Gasteiger charge is 2.38. The normalized spacial score (nSPS) is 14.9. The lowest BCUT2D eigenvalue weighted by Crippen LogP contribution is -2.50. The van der Waals surface area contributed by atoms with Crippen molar-refractivity contribution in [2.75, 3.05) is 13.1 Å². The zero-order chi connectivity index (χ0) is 25.4. The van der Waals surface area contributed by atoms with Crippen LogP contribution in [0.5, 0.6) is 0 Å². The molecule has 9 nitrogen and oxygen atoms in total. The number of carbonyl (C=O) groups excluding carboxylic acids is 2. The van der Waals surface area contributed by atoms with Crippen LogP contribution in [-0.4, -0.2) is 50.8 Å². The zero-order valence-electron chi connectivity index (χ0n) is 20.5. The molecule has 1 unspecified atom stereocenters. The minimum absolute atomic E-state index is 0.0828. The summed E-state index contributed by atoms with van der Waals surface area (Å²) in [7, 11) is 0. The van der Waals surface area contributed by atoms with E-state index in [1.165, 1.54) is 18.3 Å². The Balaban J connectivity index is 1.36. The molecule has 3 heterocycles. The van der Waals surface area contributed by atoms with E-state index in [-0.39, 0.29) is 23.8 Å². The SMILES string of the molecule is CC(=O)NC(c1nnc(C2CN(C(=O)OC(C)(C)C)C2)o1)c1nc2ccc(-c3ccccc3)cc2s1. The maximum atomic E-state index is 12.2. The molecule has 0 aliphatic carbocycles. The molecule has 2 aromatic heterocycles. The Morgan fingerprint density at radius 1 is 1.11 bits per heavy atom. The number of ether oxygens (including phenoxy) is 1. The van der Waals surface area contributed by atoms with E-state index >= 15 is 0 Å². The van der Waals surface area contributed by atoms with Crippen LogP contribution >= 0.6 is 11.3 Å². The lowest BCUT2D eigenvalue weighted by Gasteiger charge is -2.37. The average Bonchev–Trinajstić information content (AvgIpc) is 3.42. The van der Waals surface area contributed by atoms with Crippen molar-refractivity contribution in [1.29, 1.82) is 0 Å². The number of likely N-dealkylation sites (tertiary alicyclic amines) is 1. The number of benzene rings is 2. The second kappa shape index (κ2) is 9.34. The maximum absolute atomic E-state index is 12.2. The molecule has 5 rings (SSSR count). The Bertz CT molecular complexity index is 1400. The molecule has 2 amide bonds. The smallest absolute Gasteiger partial charge is 0.410 e. The minimum atomic E-state index is -0.664. The Kier molecular flexibility index (Phi) is 6.21. The van der Waals surface area contributed by atoms with Crippen LogP contribution < -0.4 is 5.32 Å². The van der Waals surface area contributed by atoms with E-state index in [1.54, 1.807) is 4.90 Å². The first-order chi connectivity index (χ1) is 17.2. The van der Waals surface area contributed by atoms with E-state index in [0.717, 1.165) is 21.3 Å². The second-order valence-corrected chi connectivity index (χ2v) is 10.9. The summed E-state index contributed by atoms with van der Waals surface area (Å²) >= 11 is 1.47. The van der Waals surface area contributed by atoms with Crippen molar-refractivity contribution < 1.29 is 18.7 Å². The van der Waals surface area contributed by atoms with E-state index < -0.39 is 11.6 Å². The highest BCUT2D eigenvalue weighted by atomic mass is 32.1. The molecule has 1 atom stereocenters. The number of hydrogen-bond donors (Lipinski definition) is 1. The molecule has 1 fully saturated rings. The van der Waals surface area contributed by atoms with Gasteiger partial charge in [-0.05, 0) is 44.0 Å². The summed E-state index contributed by atoms with van der Waals surface area (Å²) in [6.07, 6.45) is -0.362. The third-order valence-electron chi connectivity index (χ3n) is 5.69. The lowest BCUT2D eigenvalue weighted by molar-refractivity contribution is -0.119. The Morgan fingerprint density at radius 3 is 2.56 bits per heavy atom. The summed E-state index contributed by atoms with van der Waals surface area (Å²) in [5.74, 6) is 0.371. The molecule has 36 heavy (non-hydrogen) atoms. The van der Waals surface area contributed by atoms with Crippen LogP contribution in [0.15, 0.2) is 52.9 Å². The number of amides is 2. The third-order valence-corrected chi connectivity index (χ3v) is 6.78. The van der Waals surface area contributed by atoms with Gasteiger partial charge in [-0.2, -0.15) is 0 Å². The predicted molar refractivity (Wildman–Crippen MR) is 136 cm³/mol. The van der Waals surface area contributed by atoms with Gasteiger partial charge in [-0.25, -0.2) is 9.78 Å². The molecule has 0 radical (unpaired) electrons. The number of nitrogens with one attached hydrogen (secondary N) is 1. The minimum Gasteiger partial charge on any atom is -0.444 e. The van der Waals surface area contributed by atoms with Crippen LogP contribution in [0, 0.1) is 0 Å². The van der Waals surface area contributed by atoms with Gasteiger partial charge in [-0.3, -0.25) is 4.79 Å². The topological polar surface area (TPSA) is 110 Å². The van der Waals surface area contributed by atoms with Crippen molar-refractivity contribution in [3.05, 3.63) is 65.3 Å². The molecule has 186 valence electrons. The molecule has 4 aromatic rings. The fourth-order valence-corrected chi connectivity index (χ4v) is 5.00. The van der Waals surface area contributed by atoms with Crippen LogP contribution in [0.25, 0.3) is 21.3 Å². The van der Waals surface area contributed by atoms with Gasteiger partial charge in [0.25, 0.3) is 0 Å². The van der Waals surface area contributed by atoms with Gasteiger partial charge in [0.15, 0.2) is 6.04 Å². The number of rotatable bonds is 5. The van der Waals surface area contributed by atoms with Crippen molar-refractivity contribution >= 4 is 33.6 Å². The Morgan fingerprint density at radius 2 is 1.86 bits per heavy atom. The first-order valence-corrected chi connectivity index (χ1v) is 12.5. The van der Waals surface area contributed by atoms with E-state index in [4.69, 9.17) is 14.1 Å². The maximum Gasteiger partial charge on any atom is 0.410 e. The zero-order valence-corrected chi connectivity index (χ0v) is 21.3. The van der Waals surface area contributed by atoms with Gasteiger partial charge in [0, 0.05) is 20.0 Å². The van der Waals surface area contributed by atoms with Crippen molar-refractivity contribution in [3.8, 4) is 11.1 Å². The second-order valence-electron chi connectivity index (χ2n) is 9.79. The van der Waals surface area contributed by atoms with E-state index in [2.05, 4.69) is 33.7 Å². The van der Waals surface area contributed by atoms with E-state index in [9.17, 15) is 9.59 Å². The molecule has 2 aromatic carbocycles. The van der Waals surface area contributed by atoms with Crippen molar-refractivity contribution in [2.45, 2.75) is 45.3 Å². The molecule has 1 saturated heterocycles. The summed E-state index contributed by atoms with van der Waals surface area (Å²) in [5.41, 5.74) is 2.49. The number of thiazole rings is 1.